The third-order valence-electron chi connectivity index (χ3n) is 4.35. The standard InChI is InChI=1S/C17H23N3O2S/c1-2-20(17-18-14-7-3-4-8-15(14)23-17)16(22)11-19-9-5-6-13(10-19)12-21/h3-4,7-8,13,21H,2,5-6,9-12H2,1H3. The molecule has 1 aromatic heterocycles. The maximum atomic E-state index is 12.7. The molecule has 1 N–H and O–H groups in total. The maximum Gasteiger partial charge on any atom is 0.242 e. The molecule has 2 aromatic rings. The normalized spacial score (nSPS) is 19.1. The molecule has 1 aliphatic rings. The van der Waals surface area contributed by atoms with Crippen molar-refractivity contribution >= 4 is 32.6 Å². The molecule has 2 heterocycles. The van der Waals surface area contributed by atoms with Crippen molar-refractivity contribution in [1.29, 1.82) is 0 Å². The average Bonchev–Trinajstić information content (AvgIpc) is 2.99. The van der Waals surface area contributed by atoms with E-state index in [0.717, 1.165) is 41.3 Å². The summed E-state index contributed by atoms with van der Waals surface area (Å²) in [5, 5.41) is 10.1. The van der Waals surface area contributed by atoms with E-state index in [1.54, 1.807) is 16.2 Å². The van der Waals surface area contributed by atoms with Gasteiger partial charge >= 0.3 is 0 Å². The number of likely N-dealkylation sites (N-methyl/N-ethyl adjacent to an activating group) is 1. The van der Waals surface area contributed by atoms with E-state index in [-0.39, 0.29) is 12.5 Å². The van der Waals surface area contributed by atoms with Gasteiger partial charge in [0.2, 0.25) is 5.91 Å². The van der Waals surface area contributed by atoms with Gasteiger partial charge in [-0.1, -0.05) is 23.5 Å². The third-order valence-corrected chi connectivity index (χ3v) is 5.41. The molecule has 5 nitrogen and oxygen atoms in total. The van der Waals surface area contributed by atoms with E-state index in [4.69, 9.17) is 0 Å². The number of amides is 1. The minimum Gasteiger partial charge on any atom is -0.396 e. The number of anilines is 1. The zero-order valence-corrected chi connectivity index (χ0v) is 14.3. The molecule has 3 rings (SSSR count). The monoisotopic (exact) mass is 333 g/mol. The molecule has 1 unspecified atom stereocenters. The summed E-state index contributed by atoms with van der Waals surface area (Å²) < 4.78 is 1.10. The summed E-state index contributed by atoms with van der Waals surface area (Å²) in [5.41, 5.74) is 0.942. The number of hydrogen-bond acceptors (Lipinski definition) is 5. The molecular weight excluding hydrogens is 310 g/mol. The number of piperidine rings is 1. The van der Waals surface area contributed by atoms with Gasteiger partial charge in [-0.15, -0.1) is 0 Å². The van der Waals surface area contributed by atoms with Crippen LogP contribution in [-0.2, 0) is 4.79 Å². The van der Waals surface area contributed by atoms with E-state index in [0.29, 0.717) is 19.0 Å². The first-order valence-corrected chi connectivity index (χ1v) is 9.02. The molecule has 124 valence electrons. The number of aromatic nitrogens is 1. The summed E-state index contributed by atoms with van der Waals surface area (Å²) >= 11 is 1.56. The Hall–Kier alpha value is -1.50. The van der Waals surface area contributed by atoms with Gasteiger partial charge < -0.3 is 5.11 Å². The molecule has 1 amide bonds. The molecule has 23 heavy (non-hydrogen) atoms. The third kappa shape index (κ3) is 3.71. The zero-order valence-electron chi connectivity index (χ0n) is 13.4. The molecule has 1 saturated heterocycles. The number of carbonyl (C=O) groups excluding carboxylic acids is 1. The van der Waals surface area contributed by atoms with E-state index in [1.807, 2.05) is 31.2 Å². The Morgan fingerprint density at radius 3 is 3.04 bits per heavy atom. The largest absolute Gasteiger partial charge is 0.396 e. The van der Waals surface area contributed by atoms with Crippen LogP contribution >= 0.6 is 11.3 Å². The highest BCUT2D eigenvalue weighted by atomic mass is 32.1. The Balaban J connectivity index is 1.71. The van der Waals surface area contributed by atoms with Crippen molar-refractivity contribution in [1.82, 2.24) is 9.88 Å². The molecule has 1 fully saturated rings. The zero-order chi connectivity index (χ0) is 16.2. The summed E-state index contributed by atoms with van der Waals surface area (Å²) in [5.74, 6) is 0.388. The average molecular weight is 333 g/mol. The quantitative estimate of drug-likeness (QED) is 0.912. The number of thiazole rings is 1. The molecule has 0 bridgehead atoms. The summed E-state index contributed by atoms with van der Waals surface area (Å²) in [4.78, 5) is 21.2. The van der Waals surface area contributed by atoms with Crippen LogP contribution in [0.2, 0.25) is 0 Å². The van der Waals surface area contributed by atoms with Gasteiger partial charge in [0.1, 0.15) is 0 Å². The summed E-state index contributed by atoms with van der Waals surface area (Å²) in [6.07, 6.45) is 2.10. The van der Waals surface area contributed by atoms with Crippen molar-refractivity contribution in [2.24, 2.45) is 5.92 Å². The van der Waals surface area contributed by atoms with Crippen molar-refractivity contribution in [3.05, 3.63) is 24.3 Å². The van der Waals surface area contributed by atoms with Crippen LogP contribution in [0.15, 0.2) is 24.3 Å². The highest BCUT2D eigenvalue weighted by Gasteiger charge is 2.24. The van der Waals surface area contributed by atoms with Gasteiger partial charge in [0, 0.05) is 19.7 Å². The van der Waals surface area contributed by atoms with E-state index < -0.39 is 0 Å². The molecule has 0 radical (unpaired) electrons. The van der Waals surface area contributed by atoms with Crippen LogP contribution in [0, 0.1) is 5.92 Å². The van der Waals surface area contributed by atoms with Crippen LogP contribution in [-0.4, -0.2) is 53.7 Å². The summed E-state index contributed by atoms with van der Waals surface area (Å²) in [6.45, 7) is 4.95. The Bertz CT molecular complexity index is 640. The van der Waals surface area contributed by atoms with Crippen molar-refractivity contribution in [2.45, 2.75) is 19.8 Å². The first kappa shape index (κ1) is 16.4. The fraction of sp³-hybridized carbons (Fsp3) is 0.529. The van der Waals surface area contributed by atoms with Gasteiger partial charge in [-0.25, -0.2) is 4.98 Å². The second kappa shape index (κ2) is 7.38. The van der Waals surface area contributed by atoms with Crippen LogP contribution in [0.3, 0.4) is 0 Å². The molecule has 1 atom stereocenters. The number of likely N-dealkylation sites (tertiary alicyclic amines) is 1. The molecule has 6 heteroatoms. The lowest BCUT2D eigenvalue weighted by Crippen LogP contribution is -2.45. The fourth-order valence-electron chi connectivity index (χ4n) is 3.11. The highest BCUT2D eigenvalue weighted by Crippen LogP contribution is 2.28. The Kier molecular flexibility index (Phi) is 5.25. The van der Waals surface area contributed by atoms with Gasteiger partial charge in [-0.2, -0.15) is 0 Å². The first-order valence-electron chi connectivity index (χ1n) is 8.20. The minimum atomic E-state index is 0.0881. The number of aliphatic hydroxyl groups excluding tert-OH is 1. The van der Waals surface area contributed by atoms with Crippen LogP contribution in [0.5, 0.6) is 0 Å². The molecular formula is C17H23N3O2S. The molecule has 0 spiro atoms. The van der Waals surface area contributed by atoms with Crippen LogP contribution in [0.1, 0.15) is 19.8 Å². The number of hydrogen-bond donors (Lipinski definition) is 1. The first-order chi connectivity index (χ1) is 11.2. The smallest absolute Gasteiger partial charge is 0.242 e. The lowest BCUT2D eigenvalue weighted by molar-refractivity contribution is -0.120. The number of rotatable bonds is 5. The van der Waals surface area contributed by atoms with Gasteiger partial charge in [0.05, 0.1) is 16.8 Å². The molecule has 1 aromatic carbocycles. The Labute approximate surface area is 140 Å². The van der Waals surface area contributed by atoms with Gasteiger partial charge in [0.25, 0.3) is 0 Å². The maximum absolute atomic E-state index is 12.7. The van der Waals surface area contributed by atoms with Crippen LogP contribution < -0.4 is 4.90 Å². The lowest BCUT2D eigenvalue weighted by atomic mass is 9.99. The molecule has 0 aliphatic carbocycles. The van der Waals surface area contributed by atoms with Gasteiger partial charge in [-0.3, -0.25) is 14.6 Å². The number of benzene rings is 1. The summed E-state index contributed by atoms with van der Waals surface area (Å²) in [7, 11) is 0. The van der Waals surface area contributed by atoms with E-state index >= 15 is 0 Å². The van der Waals surface area contributed by atoms with Crippen molar-refractivity contribution in [2.75, 3.05) is 37.7 Å². The van der Waals surface area contributed by atoms with Crippen LogP contribution in [0.4, 0.5) is 5.13 Å². The lowest BCUT2D eigenvalue weighted by Gasteiger charge is -2.32. The number of fused-ring (bicyclic) bond motifs is 1. The highest BCUT2D eigenvalue weighted by molar-refractivity contribution is 7.22. The topological polar surface area (TPSA) is 56.7 Å². The van der Waals surface area contributed by atoms with Gasteiger partial charge in [-0.05, 0) is 44.4 Å². The van der Waals surface area contributed by atoms with Crippen molar-refractivity contribution < 1.29 is 9.90 Å². The number of para-hydroxylation sites is 1. The second-order valence-corrected chi connectivity index (χ2v) is 7.04. The van der Waals surface area contributed by atoms with E-state index in [1.165, 1.54) is 0 Å². The number of nitrogens with zero attached hydrogens (tertiary/aromatic N) is 3. The summed E-state index contributed by atoms with van der Waals surface area (Å²) in [6, 6.07) is 7.97. The fourth-order valence-corrected chi connectivity index (χ4v) is 4.16. The van der Waals surface area contributed by atoms with Crippen molar-refractivity contribution in [3.8, 4) is 0 Å². The second-order valence-electron chi connectivity index (χ2n) is 6.03. The molecule has 0 saturated carbocycles. The predicted molar refractivity (Wildman–Crippen MR) is 93.9 cm³/mol. The Morgan fingerprint density at radius 1 is 1.48 bits per heavy atom. The SMILES string of the molecule is CCN(C(=O)CN1CCCC(CO)C1)c1nc2ccccc2s1. The molecule has 1 aliphatic heterocycles. The number of carbonyl (C=O) groups is 1. The van der Waals surface area contributed by atoms with E-state index in [2.05, 4.69) is 9.88 Å². The minimum absolute atomic E-state index is 0.0881. The predicted octanol–water partition coefficient (Wildman–Crippen LogP) is 2.35. The van der Waals surface area contributed by atoms with Gasteiger partial charge in [0.15, 0.2) is 5.13 Å². The van der Waals surface area contributed by atoms with Crippen molar-refractivity contribution in [3.63, 3.8) is 0 Å². The Morgan fingerprint density at radius 2 is 2.30 bits per heavy atom. The van der Waals surface area contributed by atoms with E-state index in [9.17, 15) is 9.90 Å². The van der Waals surface area contributed by atoms with Crippen LogP contribution in [0.25, 0.3) is 10.2 Å². The number of aliphatic hydroxyl groups is 1.